The van der Waals surface area contributed by atoms with Gasteiger partial charge in [-0.1, -0.05) is 0 Å². The molecule has 5 nitrogen and oxygen atoms in total. The van der Waals surface area contributed by atoms with E-state index in [0.29, 0.717) is 29.5 Å². The number of carbonyl (C=O) groups excluding carboxylic acids is 1. The van der Waals surface area contributed by atoms with Crippen LogP contribution in [0.2, 0.25) is 0 Å². The predicted octanol–water partition coefficient (Wildman–Crippen LogP) is 4.62. The van der Waals surface area contributed by atoms with E-state index in [0.717, 1.165) is 17.7 Å². The Morgan fingerprint density at radius 2 is 1.59 bits per heavy atom. The van der Waals surface area contributed by atoms with Gasteiger partial charge in [-0.25, -0.2) is 0 Å². The molecule has 0 aromatic heterocycles. The molecule has 1 amide bonds. The second kappa shape index (κ2) is 8.44. The monoisotopic (exact) mass is 427 g/mol. The average Bonchev–Trinajstić information content (AvgIpc) is 3.21. The Morgan fingerprint density at radius 1 is 1.00 bits per heavy atom. The fourth-order valence-electron chi connectivity index (χ4n) is 3.15. The largest absolute Gasteiger partial charge is 0.496 e. The Labute approximate surface area is 170 Å². The number of hydrogen-bond acceptors (Lipinski definition) is 5. The number of amides is 1. The summed E-state index contributed by atoms with van der Waals surface area (Å²) in [5, 5.41) is -0.362. The van der Waals surface area contributed by atoms with Gasteiger partial charge in [-0.05, 0) is 30.3 Å². The molecule has 1 saturated heterocycles. The van der Waals surface area contributed by atoms with Crippen LogP contribution in [0.1, 0.15) is 26.9 Å². The number of nitrogens with zero attached hydrogens (tertiary/aromatic N) is 1. The summed E-state index contributed by atoms with van der Waals surface area (Å²) >= 11 is 1.54. The molecular formula is C20H20F3NO4S. The van der Waals surface area contributed by atoms with Crippen LogP contribution in [-0.4, -0.2) is 44.4 Å². The quantitative estimate of drug-likeness (QED) is 0.697. The van der Waals surface area contributed by atoms with E-state index in [1.807, 2.05) is 0 Å². The number of rotatable bonds is 5. The highest BCUT2D eigenvalue weighted by molar-refractivity contribution is 7.99. The van der Waals surface area contributed by atoms with Gasteiger partial charge in [0.15, 0.2) is 11.5 Å². The van der Waals surface area contributed by atoms with Crippen molar-refractivity contribution in [1.29, 1.82) is 0 Å². The van der Waals surface area contributed by atoms with Crippen LogP contribution in [0.4, 0.5) is 13.2 Å². The van der Waals surface area contributed by atoms with Crippen molar-refractivity contribution in [3.8, 4) is 17.2 Å². The van der Waals surface area contributed by atoms with Crippen molar-refractivity contribution in [3.63, 3.8) is 0 Å². The summed E-state index contributed by atoms with van der Waals surface area (Å²) in [7, 11) is 4.55. The molecule has 1 aliphatic rings. The van der Waals surface area contributed by atoms with E-state index in [1.165, 1.54) is 33.5 Å². The van der Waals surface area contributed by atoms with Gasteiger partial charge in [0.2, 0.25) is 0 Å². The van der Waals surface area contributed by atoms with E-state index in [9.17, 15) is 18.0 Å². The average molecular weight is 427 g/mol. The van der Waals surface area contributed by atoms with E-state index < -0.39 is 11.7 Å². The van der Waals surface area contributed by atoms with Crippen LogP contribution in [0.3, 0.4) is 0 Å². The van der Waals surface area contributed by atoms with Gasteiger partial charge in [0.1, 0.15) is 11.1 Å². The molecule has 29 heavy (non-hydrogen) atoms. The molecular weight excluding hydrogens is 407 g/mol. The third kappa shape index (κ3) is 4.24. The molecule has 0 saturated carbocycles. The summed E-state index contributed by atoms with van der Waals surface area (Å²) in [6.07, 6.45) is -4.44. The van der Waals surface area contributed by atoms with E-state index in [1.54, 1.807) is 28.8 Å². The van der Waals surface area contributed by atoms with Crippen LogP contribution in [0.5, 0.6) is 17.2 Å². The third-order valence-corrected chi connectivity index (χ3v) is 5.86. The zero-order valence-corrected chi connectivity index (χ0v) is 16.9. The first-order chi connectivity index (χ1) is 13.8. The Kier molecular flexibility index (Phi) is 6.16. The number of ether oxygens (including phenoxy) is 3. The fraction of sp³-hybridized carbons (Fsp3) is 0.350. The summed E-state index contributed by atoms with van der Waals surface area (Å²) in [4.78, 5) is 14.6. The molecule has 0 aliphatic carbocycles. The van der Waals surface area contributed by atoms with Crippen molar-refractivity contribution in [1.82, 2.24) is 4.90 Å². The maximum atomic E-state index is 13.0. The number of alkyl halides is 3. The van der Waals surface area contributed by atoms with Gasteiger partial charge in [-0.3, -0.25) is 4.79 Å². The molecule has 156 valence electrons. The number of halogens is 3. The van der Waals surface area contributed by atoms with Crippen molar-refractivity contribution in [3.05, 3.63) is 53.1 Å². The SMILES string of the molecule is COc1cc(OC)c(C2SCCN2C(=O)c2ccc(C(F)(F)F)cc2)cc1OC. The zero-order valence-electron chi connectivity index (χ0n) is 16.1. The lowest BCUT2D eigenvalue weighted by atomic mass is 10.1. The summed E-state index contributed by atoms with van der Waals surface area (Å²) in [6.45, 7) is 0.465. The molecule has 2 aromatic rings. The van der Waals surface area contributed by atoms with Crippen LogP contribution in [0.25, 0.3) is 0 Å². The van der Waals surface area contributed by atoms with Gasteiger partial charge in [0, 0.05) is 29.5 Å². The van der Waals surface area contributed by atoms with E-state index in [-0.39, 0.29) is 16.8 Å². The highest BCUT2D eigenvalue weighted by Crippen LogP contribution is 2.46. The van der Waals surface area contributed by atoms with Gasteiger partial charge < -0.3 is 19.1 Å². The first kappa shape index (κ1) is 21.2. The minimum absolute atomic E-state index is 0.199. The summed E-state index contributed by atoms with van der Waals surface area (Å²) in [5.41, 5.74) is 0.140. The van der Waals surface area contributed by atoms with Gasteiger partial charge >= 0.3 is 6.18 Å². The minimum atomic E-state index is -4.44. The van der Waals surface area contributed by atoms with E-state index >= 15 is 0 Å². The highest BCUT2D eigenvalue weighted by Gasteiger charge is 2.35. The van der Waals surface area contributed by atoms with Gasteiger partial charge in [-0.15, -0.1) is 11.8 Å². The lowest BCUT2D eigenvalue weighted by Crippen LogP contribution is -2.30. The van der Waals surface area contributed by atoms with Crippen molar-refractivity contribution in [2.45, 2.75) is 11.6 Å². The molecule has 3 rings (SSSR count). The zero-order chi connectivity index (χ0) is 21.2. The van der Waals surface area contributed by atoms with Crippen LogP contribution < -0.4 is 14.2 Å². The van der Waals surface area contributed by atoms with Crippen molar-refractivity contribution >= 4 is 17.7 Å². The molecule has 0 radical (unpaired) electrons. The second-order valence-electron chi connectivity index (χ2n) is 6.25. The van der Waals surface area contributed by atoms with Crippen molar-refractivity contribution < 1.29 is 32.2 Å². The molecule has 9 heteroatoms. The van der Waals surface area contributed by atoms with Crippen molar-refractivity contribution in [2.75, 3.05) is 33.6 Å². The molecule has 2 aromatic carbocycles. The van der Waals surface area contributed by atoms with Crippen LogP contribution in [0.15, 0.2) is 36.4 Å². The van der Waals surface area contributed by atoms with Gasteiger partial charge in [0.25, 0.3) is 5.91 Å². The summed E-state index contributed by atoms with van der Waals surface area (Å²) < 4.78 is 54.5. The smallest absolute Gasteiger partial charge is 0.416 e. The molecule has 0 N–H and O–H groups in total. The summed E-state index contributed by atoms with van der Waals surface area (Å²) in [6, 6.07) is 7.69. The van der Waals surface area contributed by atoms with E-state index in [4.69, 9.17) is 14.2 Å². The molecule has 1 heterocycles. The normalized spacial score (nSPS) is 16.6. The maximum absolute atomic E-state index is 13.0. The topological polar surface area (TPSA) is 48.0 Å². The van der Waals surface area contributed by atoms with Crippen LogP contribution >= 0.6 is 11.8 Å². The number of carbonyl (C=O) groups is 1. The first-order valence-electron chi connectivity index (χ1n) is 8.70. The fourth-order valence-corrected chi connectivity index (χ4v) is 4.42. The number of thioether (sulfide) groups is 1. The maximum Gasteiger partial charge on any atom is 0.416 e. The molecule has 1 fully saturated rings. The predicted molar refractivity (Wildman–Crippen MR) is 104 cm³/mol. The second-order valence-corrected chi connectivity index (χ2v) is 7.43. The van der Waals surface area contributed by atoms with Crippen LogP contribution in [0, 0.1) is 0 Å². The molecule has 0 spiro atoms. The van der Waals surface area contributed by atoms with Gasteiger partial charge in [-0.2, -0.15) is 13.2 Å². The standard InChI is InChI=1S/C20H20F3NO4S/c1-26-15-11-17(28-3)16(27-2)10-14(15)19-24(8-9-29-19)18(25)12-4-6-13(7-5-12)20(21,22)23/h4-7,10-11,19H,8-9H2,1-3H3. The Bertz CT molecular complexity index is 887. The third-order valence-electron chi connectivity index (χ3n) is 4.61. The molecule has 1 aliphatic heterocycles. The Hall–Kier alpha value is -2.55. The Morgan fingerprint density at radius 3 is 2.14 bits per heavy atom. The summed E-state index contributed by atoms with van der Waals surface area (Å²) in [5.74, 6) is 1.88. The van der Waals surface area contributed by atoms with Crippen molar-refractivity contribution in [2.24, 2.45) is 0 Å². The van der Waals surface area contributed by atoms with Gasteiger partial charge in [0.05, 0.1) is 26.9 Å². The van der Waals surface area contributed by atoms with Crippen LogP contribution in [-0.2, 0) is 6.18 Å². The minimum Gasteiger partial charge on any atom is -0.496 e. The highest BCUT2D eigenvalue weighted by atomic mass is 32.2. The molecule has 1 unspecified atom stereocenters. The number of benzene rings is 2. The first-order valence-corrected chi connectivity index (χ1v) is 9.74. The van der Waals surface area contributed by atoms with E-state index in [2.05, 4.69) is 0 Å². The molecule has 0 bridgehead atoms. The number of methoxy groups -OCH3 is 3. The number of hydrogen-bond donors (Lipinski definition) is 0. The lowest BCUT2D eigenvalue weighted by molar-refractivity contribution is -0.137. The Balaban J connectivity index is 1.93. The lowest BCUT2D eigenvalue weighted by Gasteiger charge is -2.26. The molecule has 1 atom stereocenters.